The second-order valence-electron chi connectivity index (χ2n) is 8.25. The van der Waals surface area contributed by atoms with Crippen LogP contribution in [-0.2, 0) is 16.6 Å². The summed E-state index contributed by atoms with van der Waals surface area (Å²) >= 11 is 0. The first kappa shape index (κ1) is 14.7. The molecule has 6 rings (SSSR count). The van der Waals surface area contributed by atoms with Crippen LogP contribution in [0.2, 0.25) is 0 Å². The van der Waals surface area contributed by atoms with E-state index in [9.17, 15) is 4.79 Å². The maximum Gasteiger partial charge on any atom is 0.267 e. The molecule has 1 saturated heterocycles. The van der Waals surface area contributed by atoms with Crippen molar-refractivity contribution in [3.63, 3.8) is 0 Å². The maximum atomic E-state index is 13.2. The van der Waals surface area contributed by atoms with Crippen LogP contribution < -0.4 is 9.47 Å². The van der Waals surface area contributed by atoms with Crippen LogP contribution in [0.25, 0.3) is 0 Å². The fraction of sp³-hybridized carbons (Fsp3) is 0.409. The summed E-state index contributed by atoms with van der Waals surface area (Å²) in [5.74, 6) is 2.08. The van der Waals surface area contributed by atoms with Crippen molar-refractivity contribution in [1.29, 1.82) is 0 Å². The Kier molecular flexibility index (Phi) is 2.71. The lowest BCUT2D eigenvalue weighted by Gasteiger charge is -2.73. The number of amides is 1. The smallest absolute Gasteiger partial charge is 0.267 e. The zero-order valence-corrected chi connectivity index (χ0v) is 14.7. The van der Waals surface area contributed by atoms with E-state index >= 15 is 0 Å². The molecule has 2 heterocycles. The van der Waals surface area contributed by atoms with Gasteiger partial charge in [0.15, 0.2) is 11.5 Å². The number of nitrogens with zero attached hydrogens (tertiary/aromatic N) is 1. The summed E-state index contributed by atoms with van der Waals surface area (Å²) in [4.78, 5) is 15.3. The molecule has 0 bridgehead atoms. The Hall–Kier alpha value is -2.49. The van der Waals surface area contributed by atoms with Crippen LogP contribution in [0.15, 0.2) is 48.5 Å². The second kappa shape index (κ2) is 4.81. The minimum atomic E-state index is -0.533. The third-order valence-electron chi connectivity index (χ3n) is 7.01. The number of para-hydroxylation sites is 2. The topological polar surface area (TPSA) is 38.8 Å². The highest BCUT2D eigenvalue weighted by atomic mass is 16.6. The number of likely N-dealkylation sites (tertiary alicyclic amines) is 1. The molecule has 4 heteroatoms. The summed E-state index contributed by atoms with van der Waals surface area (Å²) < 4.78 is 11.7. The largest absolute Gasteiger partial charge is 0.485 e. The quantitative estimate of drug-likeness (QED) is 0.796. The molecule has 4 nitrogen and oxygen atoms in total. The van der Waals surface area contributed by atoms with Crippen molar-refractivity contribution < 1.29 is 14.3 Å². The third kappa shape index (κ3) is 1.67. The first-order valence-electron chi connectivity index (χ1n) is 9.46. The maximum absolute atomic E-state index is 13.2. The lowest BCUT2D eigenvalue weighted by Crippen LogP contribution is -2.81. The van der Waals surface area contributed by atoms with E-state index in [2.05, 4.69) is 36.1 Å². The van der Waals surface area contributed by atoms with Crippen LogP contribution in [0.5, 0.6) is 11.5 Å². The van der Waals surface area contributed by atoms with Gasteiger partial charge in [0.05, 0.1) is 0 Å². The minimum absolute atomic E-state index is 0.0900. The van der Waals surface area contributed by atoms with Crippen LogP contribution in [0, 0.1) is 5.92 Å². The van der Waals surface area contributed by atoms with Gasteiger partial charge in [-0.3, -0.25) is 4.79 Å². The number of benzene rings is 2. The Morgan fingerprint density at radius 1 is 1.08 bits per heavy atom. The molecule has 2 aromatic rings. The molecule has 2 aliphatic heterocycles. The monoisotopic (exact) mass is 347 g/mol. The van der Waals surface area contributed by atoms with Gasteiger partial charge in [0.25, 0.3) is 5.91 Å². The Balaban J connectivity index is 1.27. The van der Waals surface area contributed by atoms with Crippen LogP contribution in [0.1, 0.15) is 24.5 Å². The van der Waals surface area contributed by atoms with Gasteiger partial charge < -0.3 is 14.4 Å². The molecule has 2 aromatic carbocycles. The average molecular weight is 347 g/mol. The molecule has 0 N–H and O–H groups in total. The Labute approximate surface area is 152 Å². The number of carbonyl (C=O) groups excluding carboxylic acids is 1. The lowest BCUT2D eigenvalue weighted by atomic mass is 9.43. The Morgan fingerprint density at radius 2 is 1.85 bits per heavy atom. The van der Waals surface area contributed by atoms with Crippen LogP contribution in [0.3, 0.4) is 0 Å². The predicted molar refractivity (Wildman–Crippen MR) is 96.4 cm³/mol. The van der Waals surface area contributed by atoms with Crippen LogP contribution >= 0.6 is 0 Å². The minimum Gasteiger partial charge on any atom is -0.485 e. The summed E-state index contributed by atoms with van der Waals surface area (Å²) in [7, 11) is 0. The van der Waals surface area contributed by atoms with E-state index in [1.807, 2.05) is 24.3 Å². The molecular formula is C22H21NO3. The average Bonchev–Trinajstić information content (AvgIpc) is 2.65. The van der Waals surface area contributed by atoms with Gasteiger partial charge in [-0.2, -0.15) is 0 Å². The summed E-state index contributed by atoms with van der Waals surface area (Å²) in [6, 6.07) is 17.0. The van der Waals surface area contributed by atoms with E-state index in [1.54, 1.807) is 0 Å². The molecule has 1 unspecified atom stereocenters. The summed E-state index contributed by atoms with van der Waals surface area (Å²) in [6.07, 6.45) is 1.49. The van der Waals surface area contributed by atoms with Gasteiger partial charge in [-0.05, 0) is 36.1 Å². The summed E-state index contributed by atoms with van der Waals surface area (Å²) in [5.41, 5.74) is 3.13. The molecule has 0 spiro atoms. The van der Waals surface area contributed by atoms with Gasteiger partial charge in [-0.1, -0.05) is 43.3 Å². The highest BCUT2D eigenvalue weighted by Gasteiger charge is 2.69. The van der Waals surface area contributed by atoms with Gasteiger partial charge in [-0.25, -0.2) is 0 Å². The molecule has 1 amide bonds. The van der Waals surface area contributed by atoms with Crippen LogP contribution in [-0.4, -0.2) is 35.6 Å². The van der Waals surface area contributed by atoms with Crippen molar-refractivity contribution in [1.82, 2.24) is 4.90 Å². The van der Waals surface area contributed by atoms with E-state index in [0.717, 1.165) is 18.6 Å². The zero-order chi connectivity index (χ0) is 17.5. The summed E-state index contributed by atoms with van der Waals surface area (Å²) in [6.45, 7) is 2.67. The number of piperidine rings is 1. The molecule has 132 valence electrons. The van der Waals surface area contributed by atoms with Crippen molar-refractivity contribution in [2.75, 3.05) is 6.61 Å². The van der Waals surface area contributed by atoms with E-state index in [-0.39, 0.29) is 11.3 Å². The van der Waals surface area contributed by atoms with Crippen molar-refractivity contribution in [2.24, 2.45) is 5.92 Å². The van der Waals surface area contributed by atoms with Gasteiger partial charge in [0.1, 0.15) is 6.61 Å². The van der Waals surface area contributed by atoms with E-state index < -0.39 is 6.10 Å². The highest BCUT2D eigenvalue weighted by Crippen LogP contribution is 2.63. The van der Waals surface area contributed by atoms with Gasteiger partial charge in [0, 0.05) is 23.4 Å². The molecular weight excluding hydrogens is 326 g/mol. The van der Waals surface area contributed by atoms with E-state index in [1.165, 1.54) is 11.1 Å². The predicted octanol–water partition coefficient (Wildman–Crippen LogP) is 2.94. The van der Waals surface area contributed by atoms with E-state index in [4.69, 9.17) is 9.47 Å². The van der Waals surface area contributed by atoms with Crippen molar-refractivity contribution >= 4 is 5.91 Å². The molecule has 26 heavy (non-hydrogen) atoms. The molecule has 2 fully saturated rings. The third-order valence-corrected chi connectivity index (χ3v) is 7.01. The van der Waals surface area contributed by atoms with Crippen LogP contribution in [0.4, 0.5) is 0 Å². The van der Waals surface area contributed by atoms with Gasteiger partial charge in [-0.15, -0.1) is 0 Å². The molecule has 0 radical (unpaired) electrons. The first-order valence-corrected chi connectivity index (χ1v) is 9.46. The number of hydrogen-bond donors (Lipinski definition) is 0. The lowest BCUT2D eigenvalue weighted by molar-refractivity contribution is -0.201. The fourth-order valence-corrected chi connectivity index (χ4v) is 5.86. The normalized spacial score (nSPS) is 35.5. The molecule has 1 saturated carbocycles. The van der Waals surface area contributed by atoms with E-state index in [0.29, 0.717) is 30.4 Å². The Morgan fingerprint density at radius 3 is 2.73 bits per heavy atom. The van der Waals surface area contributed by atoms with Crippen molar-refractivity contribution in [3.05, 3.63) is 59.7 Å². The van der Waals surface area contributed by atoms with Crippen molar-refractivity contribution in [2.45, 2.75) is 43.4 Å². The number of rotatable bonds is 1. The summed E-state index contributed by atoms with van der Waals surface area (Å²) in [5, 5.41) is 0. The number of carbonyl (C=O) groups is 1. The SMILES string of the molecule is C[C@@]12CC3[C@H]1[C@@H](Cc1ccccc12)N3C(=O)[C@H]1COc2ccccc2O1. The molecule has 0 aromatic heterocycles. The van der Waals surface area contributed by atoms with Gasteiger partial charge >= 0.3 is 0 Å². The first-order chi connectivity index (χ1) is 12.7. The van der Waals surface area contributed by atoms with Crippen molar-refractivity contribution in [3.8, 4) is 11.5 Å². The Bertz CT molecular complexity index is 925. The second-order valence-corrected chi connectivity index (χ2v) is 8.25. The fourth-order valence-electron chi connectivity index (χ4n) is 5.86. The molecule has 5 atom stereocenters. The standard InChI is InChI=1S/C22H21NO3/c1-22-11-16-20(22)15(10-13-6-2-3-7-14(13)22)23(16)21(24)19-12-25-17-8-4-5-9-18(17)26-19/h2-9,15-16,19-20H,10-12H2,1H3/t15-,16?,19-,20-,22+/m1/s1. The number of hydrogen-bond acceptors (Lipinski definition) is 3. The number of fused-ring (bicyclic) bond motifs is 3. The molecule has 2 aliphatic carbocycles. The van der Waals surface area contributed by atoms with Gasteiger partial charge in [0.2, 0.25) is 6.10 Å². The number of ether oxygens (including phenoxy) is 2. The highest BCUT2D eigenvalue weighted by molar-refractivity contribution is 5.84. The molecule has 4 aliphatic rings. The zero-order valence-electron chi connectivity index (χ0n) is 14.7.